The van der Waals surface area contributed by atoms with Crippen LogP contribution in [-0.2, 0) is 0 Å². The second-order valence-corrected chi connectivity index (χ2v) is 10.7. The largest absolute Gasteiger partial charge is 0.456 e. The van der Waals surface area contributed by atoms with Crippen LogP contribution in [0.4, 0.5) is 0 Å². The third-order valence-corrected chi connectivity index (χ3v) is 8.26. The molecule has 4 heteroatoms. The molecule has 194 valence electrons. The van der Waals surface area contributed by atoms with Crippen LogP contribution in [-0.4, -0.2) is 11.1 Å². The van der Waals surface area contributed by atoms with Gasteiger partial charge in [-0.3, -0.25) is 0 Å². The molecular weight excluding hydrogens is 504 g/mol. The van der Waals surface area contributed by atoms with Gasteiger partial charge in [-0.05, 0) is 76.4 Å². The van der Waals surface area contributed by atoms with Gasteiger partial charge in [-0.1, -0.05) is 72.8 Å². The van der Waals surface area contributed by atoms with Crippen molar-refractivity contribution in [3.8, 4) is 22.3 Å². The number of furan rings is 2. The van der Waals surface area contributed by atoms with E-state index in [2.05, 4.69) is 126 Å². The molecule has 0 bridgehead atoms. The Morgan fingerprint density at radius 2 is 1.17 bits per heavy atom. The first-order valence-electron chi connectivity index (χ1n) is 13.9. The van der Waals surface area contributed by atoms with Gasteiger partial charge in [0.05, 0.1) is 5.70 Å². The Labute approximate surface area is 236 Å². The number of hydrogen-bond donors (Lipinski definition) is 1. The Hall–Kier alpha value is -5.48. The second kappa shape index (κ2) is 8.51. The quantitative estimate of drug-likeness (QED) is 0.248. The van der Waals surface area contributed by atoms with Crippen molar-refractivity contribution in [2.45, 2.75) is 6.17 Å². The minimum Gasteiger partial charge on any atom is -0.456 e. The van der Waals surface area contributed by atoms with E-state index in [1.807, 2.05) is 18.2 Å². The number of nitrogens with zero attached hydrogens (tertiary/aromatic N) is 1. The highest BCUT2D eigenvalue weighted by Gasteiger charge is 2.21. The summed E-state index contributed by atoms with van der Waals surface area (Å²) in [6, 6.07) is 36.3. The van der Waals surface area contributed by atoms with Crippen molar-refractivity contribution in [1.29, 1.82) is 0 Å². The zero-order valence-electron chi connectivity index (χ0n) is 22.0. The maximum absolute atomic E-state index is 6.29. The summed E-state index contributed by atoms with van der Waals surface area (Å²) in [5.74, 6) is 0. The van der Waals surface area contributed by atoms with Gasteiger partial charge in [0.15, 0.2) is 0 Å². The summed E-state index contributed by atoms with van der Waals surface area (Å²) >= 11 is 0. The molecule has 1 N–H and O–H groups in total. The Kier molecular flexibility index (Phi) is 4.64. The van der Waals surface area contributed by atoms with E-state index in [0.29, 0.717) is 0 Å². The lowest BCUT2D eigenvalue weighted by atomic mass is 9.97. The number of benzene rings is 5. The second-order valence-electron chi connectivity index (χ2n) is 10.7. The molecule has 0 saturated carbocycles. The van der Waals surface area contributed by atoms with Crippen LogP contribution >= 0.6 is 0 Å². The smallest absolute Gasteiger partial charge is 0.136 e. The maximum atomic E-state index is 6.29. The van der Waals surface area contributed by atoms with Gasteiger partial charge >= 0.3 is 0 Å². The molecule has 1 atom stereocenters. The fourth-order valence-electron chi connectivity index (χ4n) is 6.15. The predicted molar refractivity (Wildman–Crippen MR) is 167 cm³/mol. The molecule has 1 unspecified atom stereocenters. The van der Waals surface area contributed by atoms with Crippen molar-refractivity contribution in [2.75, 3.05) is 0 Å². The highest BCUT2D eigenvalue weighted by Crippen LogP contribution is 2.38. The van der Waals surface area contributed by atoms with Gasteiger partial charge in [-0.2, -0.15) is 0 Å². The molecule has 0 aliphatic carbocycles. The van der Waals surface area contributed by atoms with Crippen LogP contribution in [0.3, 0.4) is 0 Å². The average molecular weight is 529 g/mol. The normalized spacial score (nSPS) is 16.1. The Morgan fingerprint density at radius 1 is 0.512 bits per heavy atom. The zero-order valence-corrected chi connectivity index (χ0v) is 22.0. The molecule has 2 aromatic heterocycles. The molecular formula is C37H24N2O2. The van der Waals surface area contributed by atoms with E-state index in [9.17, 15) is 0 Å². The third kappa shape index (κ3) is 3.54. The van der Waals surface area contributed by atoms with Gasteiger partial charge in [0, 0.05) is 33.9 Å². The molecule has 0 radical (unpaired) electrons. The molecule has 4 nitrogen and oxygen atoms in total. The van der Waals surface area contributed by atoms with Crippen molar-refractivity contribution in [3.05, 3.63) is 139 Å². The first-order valence-corrected chi connectivity index (χ1v) is 13.9. The van der Waals surface area contributed by atoms with E-state index in [0.717, 1.165) is 55.1 Å². The first-order chi connectivity index (χ1) is 20.3. The SMILES string of the molecule is C1=CC2NC(c3ccc(-c4cccc(-c5ccc6oc7cc8c(cc7c6c5)oc5ccccc58)c4)cc3)=CN2C=C1. The third-order valence-electron chi connectivity index (χ3n) is 8.26. The van der Waals surface area contributed by atoms with Crippen LogP contribution in [0.2, 0.25) is 0 Å². The van der Waals surface area contributed by atoms with Crippen LogP contribution < -0.4 is 5.32 Å². The molecule has 2 aliphatic heterocycles. The maximum Gasteiger partial charge on any atom is 0.136 e. The summed E-state index contributed by atoms with van der Waals surface area (Å²) in [6.45, 7) is 0. The monoisotopic (exact) mass is 528 g/mol. The van der Waals surface area contributed by atoms with Crippen LogP contribution in [0.15, 0.2) is 143 Å². The molecule has 4 heterocycles. The van der Waals surface area contributed by atoms with Gasteiger partial charge in [-0.15, -0.1) is 0 Å². The predicted octanol–water partition coefficient (Wildman–Crippen LogP) is 9.43. The highest BCUT2D eigenvalue weighted by atomic mass is 16.3. The lowest BCUT2D eigenvalue weighted by Gasteiger charge is -2.20. The van der Waals surface area contributed by atoms with Crippen molar-refractivity contribution in [2.24, 2.45) is 0 Å². The van der Waals surface area contributed by atoms with Gasteiger partial charge in [0.1, 0.15) is 28.5 Å². The fourth-order valence-corrected chi connectivity index (χ4v) is 6.15. The zero-order chi connectivity index (χ0) is 26.9. The summed E-state index contributed by atoms with van der Waals surface area (Å²) in [5, 5.41) is 7.92. The lowest BCUT2D eigenvalue weighted by molar-refractivity contribution is 0.427. The topological polar surface area (TPSA) is 41.6 Å². The number of fused-ring (bicyclic) bond motifs is 7. The molecule has 0 fully saturated rings. The van der Waals surface area contributed by atoms with Gasteiger partial charge < -0.3 is 19.1 Å². The number of para-hydroxylation sites is 1. The Bertz CT molecular complexity index is 2240. The first kappa shape index (κ1) is 22.3. The van der Waals surface area contributed by atoms with Crippen molar-refractivity contribution in [1.82, 2.24) is 10.2 Å². The molecule has 5 aromatic carbocycles. The minimum atomic E-state index is 0.195. The molecule has 41 heavy (non-hydrogen) atoms. The number of rotatable bonds is 3. The van der Waals surface area contributed by atoms with Crippen LogP contribution in [0.25, 0.3) is 71.8 Å². The fraction of sp³-hybridized carbons (Fsp3) is 0.0270. The van der Waals surface area contributed by atoms with Crippen LogP contribution in [0, 0.1) is 0 Å². The number of nitrogens with one attached hydrogen (secondary N) is 1. The number of allylic oxidation sites excluding steroid dienone is 2. The van der Waals surface area contributed by atoms with E-state index in [1.54, 1.807) is 0 Å². The molecule has 9 rings (SSSR count). The molecule has 0 amide bonds. The van der Waals surface area contributed by atoms with Gasteiger partial charge in [0.2, 0.25) is 0 Å². The van der Waals surface area contributed by atoms with Gasteiger partial charge in [-0.25, -0.2) is 0 Å². The molecule has 7 aromatic rings. The van der Waals surface area contributed by atoms with Crippen LogP contribution in [0.5, 0.6) is 0 Å². The molecule has 2 aliphatic rings. The summed E-state index contributed by atoms with van der Waals surface area (Å²) in [4.78, 5) is 2.19. The van der Waals surface area contributed by atoms with Crippen molar-refractivity contribution in [3.63, 3.8) is 0 Å². The summed E-state index contributed by atoms with van der Waals surface area (Å²) in [6.07, 6.45) is 10.7. The van der Waals surface area contributed by atoms with E-state index in [1.165, 1.54) is 22.3 Å². The number of hydrogen-bond acceptors (Lipinski definition) is 4. The lowest BCUT2D eigenvalue weighted by Crippen LogP contribution is -2.31. The molecule has 0 saturated heterocycles. The van der Waals surface area contributed by atoms with Gasteiger partial charge in [0.25, 0.3) is 0 Å². The Morgan fingerprint density at radius 3 is 2.00 bits per heavy atom. The van der Waals surface area contributed by atoms with Crippen LogP contribution in [0.1, 0.15) is 5.56 Å². The Balaban J connectivity index is 1.07. The van der Waals surface area contributed by atoms with E-state index in [-0.39, 0.29) is 6.17 Å². The van der Waals surface area contributed by atoms with E-state index < -0.39 is 0 Å². The van der Waals surface area contributed by atoms with E-state index >= 15 is 0 Å². The summed E-state index contributed by atoms with van der Waals surface area (Å²) in [5.41, 5.74) is 10.5. The molecule has 0 spiro atoms. The summed E-state index contributed by atoms with van der Waals surface area (Å²) in [7, 11) is 0. The van der Waals surface area contributed by atoms with E-state index in [4.69, 9.17) is 8.83 Å². The summed E-state index contributed by atoms with van der Waals surface area (Å²) < 4.78 is 12.5. The average Bonchev–Trinajstić information content (AvgIpc) is 3.72. The highest BCUT2D eigenvalue weighted by molar-refractivity contribution is 6.15. The van der Waals surface area contributed by atoms with Crippen molar-refractivity contribution < 1.29 is 8.83 Å². The van der Waals surface area contributed by atoms with Crippen molar-refractivity contribution >= 4 is 49.6 Å². The standard InChI is InChI=1S/C37H24N2O2/c1-2-9-33-28(8-1)30-20-36-31(21-35(30)40-33)29-19-27(15-16-34(29)41-36)26-7-5-6-25(18-26)23-11-13-24(14-12-23)32-22-39-17-4-3-10-37(39)38-32/h1-22,37-38H. The minimum absolute atomic E-state index is 0.195.